The summed E-state index contributed by atoms with van der Waals surface area (Å²) in [4.78, 5) is 12.3. The van der Waals surface area contributed by atoms with Crippen LogP contribution in [0, 0.1) is 6.92 Å². The minimum absolute atomic E-state index is 0.176. The van der Waals surface area contributed by atoms with Crippen molar-refractivity contribution in [1.29, 1.82) is 0 Å². The minimum Gasteiger partial charge on any atom is -0.299 e. The lowest BCUT2D eigenvalue weighted by Crippen LogP contribution is -2.20. The van der Waals surface area contributed by atoms with Gasteiger partial charge in [0.05, 0.1) is 12.0 Å². The Hall–Kier alpha value is -2.64. The van der Waals surface area contributed by atoms with Crippen molar-refractivity contribution in [2.24, 2.45) is 5.10 Å². The number of amides is 1. The molecule has 2 aromatic carbocycles. The third-order valence-corrected chi connectivity index (χ3v) is 6.71. The van der Waals surface area contributed by atoms with Gasteiger partial charge in [0, 0.05) is 16.6 Å². The highest BCUT2D eigenvalue weighted by Gasteiger charge is 2.24. The molecule has 6 nitrogen and oxygen atoms in total. The van der Waals surface area contributed by atoms with Gasteiger partial charge in [-0.1, -0.05) is 72.5 Å². The van der Waals surface area contributed by atoms with Crippen molar-refractivity contribution in [2.45, 2.75) is 50.2 Å². The predicted molar refractivity (Wildman–Crippen MR) is 130 cm³/mol. The molecule has 1 aromatic heterocycles. The first-order chi connectivity index (χ1) is 15.6. The van der Waals surface area contributed by atoms with Gasteiger partial charge < -0.3 is 0 Å². The van der Waals surface area contributed by atoms with E-state index < -0.39 is 0 Å². The van der Waals surface area contributed by atoms with E-state index >= 15 is 0 Å². The van der Waals surface area contributed by atoms with Gasteiger partial charge in [-0.15, -0.1) is 10.2 Å². The number of hydrogen-bond acceptors (Lipinski definition) is 5. The summed E-state index contributed by atoms with van der Waals surface area (Å²) in [5.74, 6) is 0.870. The van der Waals surface area contributed by atoms with Crippen LogP contribution in [0.5, 0.6) is 0 Å². The molecule has 32 heavy (non-hydrogen) atoms. The smallest absolute Gasteiger partial charge is 0.250 e. The molecule has 0 aliphatic heterocycles. The van der Waals surface area contributed by atoms with E-state index in [1.807, 2.05) is 55.5 Å². The van der Waals surface area contributed by atoms with E-state index in [4.69, 9.17) is 11.6 Å². The molecule has 8 heteroatoms. The second-order valence-corrected chi connectivity index (χ2v) is 9.35. The number of benzene rings is 2. The van der Waals surface area contributed by atoms with Gasteiger partial charge in [0.25, 0.3) is 5.91 Å². The number of carbonyl (C=O) groups is 1. The Morgan fingerprint density at radius 2 is 1.84 bits per heavy atom. The van der Waals surface area contributed by atoms with E-state index in [1.165, 1.54) is 36.6 Å². The Morgan fingerprint density at radius 3 is 2.56 bits per heavy atom. The molecule has 1 aliphatic carbocycles. The molecule has 0 radical (unpaired) electrons. The molecule has 1 saturated carbocycles. The van der Waals surface area contributed by atoms with Crippen LogP contribution in [-0.2, 0) is 4.79 Å². The molecule has 166 valence electrons. The van der Waals surface area contributed by atoms with Crippen molar-refractivity contribution < 1.29 is 4.79 Å². The van der Waals surface area contributed by atoms with Crippen LogP contribution in [0.2, 0.25) is 5.02 Å². The van der Waals surface area contributed by atoms with Crippen LogP contribution >= 0.6 is 23.4 Å². The number of hydrazone groups is 1. The number of nitrogens with one attached hydrogen (secondary N) is 1. The number of aromatic nitrogens is 3. The van der Waals surface area contributed by atoms with E-state index in [0.29, 0.717) is 11.1 Å². The highest BCUT2D eigenvalue weighted by Crippen LogP contribution is 2.35. The number of nitrogens with zero attached hydrogens (tertiary/aromatic N) is 4. The lowest BCUT2D eigenvalue weighted by molar-refractivity contribution is -0.118. The number of carbonyl (C=O) groups excluding carboxylic acids is 1. The van der Waals surface area contributed by atoms with Crippen molar-refractivity contribution in [3.05, 3.63) is 64.7 Å². The maximum absolute atomic E-state index is 12.3. The van der Waals surface area contributed by atoms with Gasteiger partial charge in [-0.05, 0) is 49.6 Å². The van der Waals surface area contributed by atoms with Crippen LogP contribution < -0.4 is 5.43 Å². The summed E-state index contributed by atoms with van der Waals surface area (Å²) in [7, 11) is 0. The molecular weight excluding hydrogens is 442 g/mol. The lowest BCUT2D eigenvalue weighted by atomic mass is 9.95. The molecule has 3 aromatic rings. The summed E-state index contributed by atoms with van der Waals surface area (Å²) < 4.78 is 2.20. The van der Waals surface area contributed by atoms with Crippen LogP contribution in [0.15, 0.2) is 58.8 Å². The van der Waals surface area contributed by atoms with Crippen molar-refractivity contribution >= 4 is 35.5 Å². The first-order valence-corrected chi connectivity index (χ1v) is 12.2. The van der Waals surface area contributed by atoms with Crippen molar-refractivity contribution in [2.75, 3.05) is 5.75 Å². The van der Waals surface area contributed by atoms with E-state index in [2.05, 4.69) is 25.3 Å². The zero-order chi connectivity index (χ0) is 22.3. The van der Waals surface area contributed by atoms with Gasteiger partial charge in [0.1, 0.15) is 0 Å². The lowest BCUT2D eigenvalue weighted by Gasteiger charge is -2.25. The van der Waals surface area contributed by atoms with Gasteiger partial charge in [0.15, 0.2) is 11.0 Å². The molecule has 1 N–H and O–H groups in total. The van der Waals surface area contributed by atoms with E-state index in [9.17, 15) is 4.79 Å². The minimum atomic E-state index is -0.176. The number of rotatable bonds is 7. The Kier molecular flexibility index (Phi) is 7.60. The third kappa shape index (κ3) is 5.78. The van der Waals surface area contributed by atoms with Crippen LogP contribution in [-0.4, -0.2) is 32.6 Å². The zero-order valence-corrected chi connectivity index (χ0v) is 19.6. The largest absolute Gasteiger partial charge is 0.299 e. The van der Waals surface area contributed by atoms with Crippen molar-refractivity contribution in [3.63, 3.8) is 0 Å². The first-order valence-electron chi connectivity index (χ1n) is 10.8. The van der Waals surface area contributed by atoms with Crippen LogP contribution in [0.25, 0.3) is 11.4 Å². The molecule has 0 unspecified atom stereocenters. The Labute approximate surface area is 197 Å². The molecule has 0 spiro atoms. The van der Waals surface area contributed by atoms with E-state index in [-0.39, 0.29) is 11.7 Å². The topological polar surface area (TPSA) is 72.2 Å². The molecule has 1 heterocycles. The molecular formula is C24H26ClN5OS. The van der Waals surface area contributed by atoms with Crippen molar-refractivity contribution in [1.82, 2.24) is 20.2 Å². The van der Waals surface area contributed by atoms with Gasteiger partial charge in [-0.3, -0.25) is 9.36 Å². The zero-order valence-electron chi connectivity index (χ0n) is 18.0. The number of halogens is 1. The predicted octanol–water partition coefficient (Wildman–Crippen LogP) is 5.65. The second-order valence-electron chi connectivity index (χ2n) is 7.97. The van der Waals surface area contributed by atoms with Gasteiger partial charge in [-0.2, -0.15) is 5.10 Å². The summed E-state index contributed by atoms with van der Waals surface area (Å²) in [6.07, 6.45) is 7.49. The summed E-state index contributed by atoms with van der Waals surface area (Å²) in [6.45, 7) is 2.03. The van der Waals surface area contributed by atoms with Crippen LogP contribution in [0.1, 0.15) is 49.3 Å². The third-order valence-electron chi connectivity index (χ3n) is 5.52. The molecule has 0 atom stereocenters. The number of thioether (sulfide) groups is 1. The Bertz CT molecular complexity index is 1070. The SMILES string of the molecule is Cc1ccc(/C=N/NC(=O)CSc2nnc(-c3ccc(Cl)cc3)n2C2CCCCC2)cc1. The highest BCUT2D eigenvalue weighted by molar-refractivity contribution is 7.99. The second kappa shape index (κ2) is 10.8. The Morgan fingerprint density at radius 1 is 1.12 bits per heavy atom. The highest BCUT2D eigenvalue weighted by atomic mass is 35.5. The standard InChI is InChI=1S/C24H26ClN5OS/c1-17-7-9-18(10-8-17)15-26-27-22(31)16-32-24-29-28-23(19-11-13-20(25)14-12-19)30(24)21-5-3-2-4-6-21/h7-15,21H,2-6,16H2,1H3,(H,27,31)/b26-15+. The van der Waals surface area contributed by atoms with E-state index in [0.717, 1.165) is 34.9 Å². The fourth-order valence-electron chi connectivity index (χ4n) is 3.83. The van der Waals surface area contributed by atoms with Gasteiger partial charge in [-0.25, -0.2) is 5.43 Å². The van der Waals surface area contributed by atoms with Crippen LogP contribution in [0.4, 0.5) is 0 Å². The summed E-state index contributed by atoms with van der Waals surface area (Å²) in [6, 6.07) is 15.9. The van der Waals surface area contributed by atoms with Crippen molar-refractivity contribution in [3.8, 4) is 11.4 Å². The van der Waals surface area contributed by atoms with Crippen LogP contribution in [0.3, 0.4) is 0 Å². The number of hydrogen-bond donors (Lipinski definition) is 1. The fourth-order valence-corrected chi connectivity index (χ4v) is 4.76. The summed E-state index contributed by atoms with van der Waals surface area (Å²) in [5, 5.41) is 14.4. The Balaban J connectivity index is 1.44. The molecule has 0 bridgehead atoms. The number of aryl methyl sites for hydroxylation is 1. The van der Waals surface area contributed by atoms with Gasteiger partial charge in [0.2, 0.25) is 0 Å². The average molecular weight is 468 g/mol. The first kappa shape index (κ1) is 22.6. The quantitative estimate of drug-likeness (QED) is 0.276. The molecule has 1 fully saturated rings. The van der Waals surface area contributed by atoms with Gasteiger partial charge >= 0.3 is 0 Å². The molecule has 1 amide bonds. The normalized spacial score (nSPS) is 14.7. The maximum atomic E-state index is 12.3. The molecule has 0 saturated heterocycles. The molecule has 4 rings (SSSR count). The molecule has 1 aliphatic rings. The average Bonchev–Trinajstić information content (AvgIpc) is 3.24. The summed E-state index contributed by atoms with van der Waals surface area (Å²) in [5.41, 5.74) is 5.70. The monoisotopic (exact) mass is 467 g/mol. The fraction of sp³-hybridized carbons (Fsp3) is 0.333. The maximum Gasteiger partial charge on any atom is 0.250 e. The van der Waals surface area contributed by atoms with E-state index in [1.54, 1.807) is 6.21 Å². The summed E-state index contributed by atoms with van der Waals surface area (Å²) >= 11 is 7.46.